The van der Waals surface area contributed by atoms with Crippen LogP contribution in [0.4, 0.5) is 0 Å². The van der Waals surface area contributed by atoms with E-state index >= 15 is 0 Å². The molecule has 0 aromatic heterocycles. The second-order valence-corrected chi connectivity index (χ2v) is 5.81. The molecule has 0 saturated carbocycles. The van der Waals surface area contributed by atoms with Crippen molar-refractivity contribution in [3.05, 3.63) is 70.8 Å². The minimum atomic E-state index is 0.0736. The number of rotatable bonds is 4. The predicted octanol–water partition coefficient (Wildman–Crippen LogP) is 3.46. The summed E-state index contributed by atoms with van der Waals surface area (Å²) in [4.78, 5) is 12.3. The van der Waals surface area contributed by atoms with Gasteiger partial charge in [0.1, 0.15) is 0 Å². The SMILES string of the molecule is O=C(NCc1ccc(CCl)cc1)C1Cc2ccccc2C1. The zero-order chi connectivity index (χ0) is 14.7. The highest BCUT2D eigenvalue weighted by Crippen LogP contribution is 2.26. The molecule has 0 radical (unpaired) electrons. The normalized spacial score (nSPS) is 14.0. The second-order valence-electron chi connectivity index (χ2n) is 5.54. The first kappa shape index (κ1) is 14.2. The van der Waals surface area contributed by atoms with Gasteiger partial charge in [0.15, 0.2) is 0 Å². The minimum Gasteiger partial charge on any atom is -0.352 e. The van der Waals surface area contributed by atoms with Crippen molar-refractivity contribution in [3.8, 4) is 0 Å². The summed E-state index contributed by atoms with van der Waals surface area (Å²) in [5.41, 5.74) is 4.82. The number of amides is 1. The van der Waals surface area contributed by atoms with Crippen LogP contribution in [0.1, 0.15) is 22.3 Å². The Morgan fingerprint density at radius 2 is 1.57 bits per heavy atom. The van der Waals surface area contributed by atoms with E-state index in [1.54, 1.807) is 0 Å². The number of nitrogens with one attached hydrogen (secondary N) is 1. The molecule has 21 heavy (non-hydrogen) atoms. The molecule has 0 atom stereocenters. The quantitative estimate of drug-likeness (QED) is 0.861. The summed E-state index contributed by atoms with van der Waals surface area (Å²) in [5, 5.41) is 3.04. The van der Waals surface area contributed by atoms with Crippen LogP contribution < -0.4 is 5.32 Å². The molecule has 1 aliphatic carbocycles. The third-order valence-corrected chi connectivity index (χ3v) is 4.37. The van der Waals surface area contributed by atoms with Crippen molar-refractivity contribution in [2.45, 2.75) is 25.3 Å². The Bertz CT molecular complexity index is 611. The van der Waals surface area contributed by atoms with Crippen molar-refractivity contribution in [1.29, 1.82) is 0 Å². The molecule has 0 fully saturated rings. The summed E-state index contributed by atoms with van der Waals surface area (Å²) >= 11 is 5.77. The second kappa shape index (κ2) is 6.31. The predicted molar refractivity (Wildman–Crippen MR) is 85.2 cm³/mol. The van der Waals surface area contributed by atoms with Gasteiger partial charge >= 0.3 is 0 Å². The summed E-state index contributed by atoms with van der Waals surface area (Å²) in [7, 11) is 0. The van der Waals surface area contributed by atoms with Crippen molar-refractivity contribution >= 4 is 17.5 Å². The molecule has 1 aliphatic rings. The van der Waals surface area contributed by atoms with Crippen molar-refractivity contribution in [1.82, 2.24) is 5.32 Å². The molecular formula is C18H18ClNO. The smallest absolute Gasteiger partial charge is 0.224 e. The Kier molecular flexibility index (Phi) is 4.26. The molecule has 2 aromatic carbocycles. The van der Waals surface area contributed by atoms with Crippen molar-refractivity contribution in [2.24, 2.45) is 5.92 Å². The number of fused-ring (bicyclic) bond motifs is 1. The van der Waals surface area contributed by atoms with Crippen LogP contribution in [-0.2, 0) is 30.1 Å². The van der Waals surface area contributed by atoms with E-state index in [0.29, 0.717) is 12.4 Å². The first-order valence-corrected chi connectivity index (χ1v) is 7.78. The Morgan fingerprint density at radius 1 is 1.00 bits per heavy atom. The molecule has 2 nitrogen and oxygen atoms in total. The molecule has 108 valence electrons. The number of carbonyl (C=O) groups is 1. The molecule has 0 heterocycles. The molecule has 0 aliphatic heterocycles. The van der Waals surface area contributed by atoms with E-state index in [-0.39, 0.29) is 11.8 Å². The third-order valence-electron chi connectivity index (χ3n) is 4.07. The number of benzene rings is 2. The molecule has 1 N–H and O–H groups in total. The lowest BCUT2D eigenvalue weighted by molar-refractivity contribution is -0.124. The van der Waals surface area contributed by atoms with Crippen LogP contribution in [0.2, 0.25) is 0 Å². The van der Waals surface area contributed by atoms with Crippen LogP contribution in [-0.4, -0.2) is 5.91 Å². The van der Waals surface area contributed by atoms with Crippen LogP contribution in [0.15, 0.2) is 48.5 Å². The summed E-state index contributed by atoms with van der Waals surface area (Å²) < 4.78 is 0. The van der Waals surface area contributed by atoms with Gasteiger partial charge in [0.2, 0.25) is 5.91 Å². The summed E-state index contributed by atoms with van der Waals surface area (Å²) in [6.07, 6.45) is 1.71. The van der Waals surface area contributed by atoms with E-state index in [1.165, 1.54) is 11.1 Å². The molecule has 0 bridgehead atoms. The Hall–Kier alpha value is -1.80. The largest absolute Gasteiger partial charge is 0.352 e. The number of hydrogen-bond donors (Lipinski definition) is 1. The van der Waals surface area contributed by atoms with Crippen LogP contribution in [0, 0.1) is 5.92 Å². The van der Waals surface area contributed by atoms with E-state index < -0.39 is 0 Å². The van der Waals surface area contributed by atoms with Crippen LogP contribution in [0.5, 0.6) is 0 Å². The minimum absolute atomic E-state index is 0.0736. The summed E-state index contributed by atoms with van der Waals surface area (Å²) in [5.74, 6) is 0.740. The fourth-order valence-corrected chi connectivity index (χ4v) is 3.00. The average molecular weight is 300 g/mol. The lowest BCUT2D eigenvalue weighted by atomic mass is 10.1. The summed E-state index contributed by atoms with van der Waals surface area (Å²) in [6.45, 7) is 0.578. The van der Waals surface area contributed by atoms with E-state index in [9.17, 15) is 4.79 Å². The van der Waals surface area contributed by atoms with Crippen molar-refractivity contribution in [3.63, 3.8) is 0 Å². The highest BCUT2D eigenvalue weighted by Gasteiger charge is 2.26. The highest BCUT2D eigenvalue weighted by atomic mass is 35.5. The summed E-state index contributed by atoms with van der Waals surface area (Å²) in [6, 6.07) is 16.3. The molecule has 2 aromatic rings. The van der Waals surface area contributed by atoms with E-state index in [2.05, 4.69) is 17.4 Å². The Morgan fingerprint density at radius 3 is 2.14 bits per heavy atom. The van der Waals surface area contributed by atoms with Gasteiger partial charge in [-0.15, -0.1) is 11.6 Å². The zero-order valence-electron chi connectivity index (χ0n) is 11.8. The highest BCUT2D eigenvalue weighted by molar-refractivity contribution is 6.17. The molecule has 0 unspecified atom stereocenters. The first-order valence-electron chi connectivity index (χ1n) is 7.24. The van der Waals surface area contributed by atoms with Crippen LogP contribution in [0.25, 0.3) is 0 Å². The third kappa shape index (κ3) is 3.27. The van der Waals surface area contributed by atoms with Gasteiger partial charge in [-0.1, -0.05) is 48.5 Å². The van der Waals surface area contributed by atoms with Crippen LogP contribution in [0.3, 0.4) is 0 Å². The Labute approximate surface area is 130 Å². The van der Waals surface area contributed by atoms with Crippen LogP contribution >= 0.6 is 11.6 Å². The van der Waals surface area contributed by atoms with Gasteiger partial charge in [0.25, 0.3) is 0 Å². The lowest BCUT2D eigenvalue weighted by Gasteiger charge is -2.10. The van der Waals surface area contributed by atoms with E-state index in [1.807, 2.05) is 36.4 Å². The van der Waals surface area contributed by atoms with Gasteiger partial charge in [-0.2, -0.15) is 0 Å². The fourth-order valence-electron chi connectivity index (χ4n) is 2.82. The van der Waals surface area contributed by atoms with Gasteiger partial charge in [-0.05, 0) is 35.1 Å². The molecule has 3 heteroatoms. The average Bonchev–Trinajstić information content (AvgIpc) is 2.97. The monoisotopic (exact) mass is 299 g/mol. The maximum absolute atomic E-state index is 12.3. The zero-order valence-corrected chi connectivity index (χ0v) is 12.6. The standard InChI is InChI=1S/C18H18ClNO/c19-11-13-5-7-14(8-6-13)12-20-18(21)17-9-15-3-1-2-4-16(15)10-17/h1-8,17H,9-12H2,(H,20,21). The van der Waals surface area contributed by atoms with Gasteiger partial charge in [-0.3, -0.25) is 4.79 Å². The lowest BCUT2D eigenvalue weighted by Crippen LogP contribution is -2.30. The van der Waals surface area contributed by atoms with E-state index in [4.69, 9.17) is 11.6 Å². The van der Waals surface area contributed by atoms with Gasteiger partial charge in [0, 0.05) is 18.3 Å². The fraction of sp³-hybridized carbons (Fsp3) is 0.278. The number of carbonyl (C=O) groups excluding carboxylic acids is 1. The first-order chi connectivity index (χ1) is 10.3. The maximum atomic E-state index is 12.3. The molecule has 0 saturated heterocycles. The number of hydrogen-bond acceptors (Lipinski definition) is 1. The molecular weight excluding hydrogens is 282 g/mol. The maximum Gasteiger partial charge on any atom is 0.224 e. The Balaban J connectivity index is 1.55. The van der Waals surface area contributed by atoms with Gasteiger partial charge in [-0.25, -0.2) is 0 Å². The molecule has 0 spiro atoms. The molecule has 1 amide bonds. The number of alkyl halides is 1. The van der Waals surface area contributed by atoms with Gasteiger partial charge < -0.3 is 5.32 Å². The topological polar surface area (TPSA) is 29.1 Å². The number of halogens is 1. The van der Waals surface area contributed by atoms with Crippen molar-refractivity contribution in [2.75, 3.05) is 0 Å². The van der Waals surface area contributed by atoms with Gasteiger partial charge in [0.05, 0.1) is 0 Å². The van der Waals surface area contributed by atoms with E-state index in [0.717, 1.165) is 24.0 Å². The molecule has 3 rings (SSSR count). The van der Waals surface area contributed by atoms with Crippen molar-refractivity contribution < 1.29 is 4.79 Å².